The Morgan fingerprint density at radius 2 is 2.19 bits per heavy atom. The van der Waals surface area contributed by atoms with E-state index in [1.807, 2.05) is 4.90 Å². The van der Waals surface area contributed by atoms with Crippen LogP contribution in [0.25, 0.3) is 0 Å². The van der Waals surface area contributed by atoms with E-state index in [9.17, 15) is 9.59 Å². The first-order valence-electron chi connectivity index (χ1n) is 5.43. The van der Waals surface area contributed by atoms with Crippen molar-refractivity contribution in [2.24, 2.45) is 11.1 Å². The molecule has 0 aromatic rings. The molecule has 1 fully saturated rings. The van der Waals surface area contributed by atoms with E-state index in [2.05, 4.69) is 17.6 Å². The van der Waals surface area contributed by atoms with E-state index in [1.54, 1.807) is 0 Å². The summed E-state index contributed by atoms with van der Waals surface area (Å²) < 4.78 is 0. The average Bonchev–Trinajstić information content (AvgIpc) is 2.60. The highest BCUT2D eigenvalue weighted by Crippen LogP contribution is 2.27. The predicted octanol–water partition coefficient (Wildman–Crippen LogP) is -0.887. The zero-order chi connectivity index (χ0) is 12.2. The molecule has 0 saturated carbocycles. The highest BCUT2D eigenvalue weighted by atomic mass is 16.2. The Morgan fingerprint density at radius 1 is 1.50 bits per heavy atom. The maximum absolute atomic E-state index is 11.4. The van der Waals surface area contributed by atoms with Crippen LogP contribution in [0.5, 0.6) is 0 Å². The number of urea groups is 1. The van der Waals surface area contributed by atoms with Gasteiger partial charge in [0.25, 0.3) is 0 Å². The van der Waals surface area contributed by atoms with E-state index in [4.69, 9.17) is 5.73 Å². The number of carbonyl (C=O) groups is 2. The molecule has 1 aliphatic heterocycles. The number of rotatable bonds is 3. The maximum atomic E-state index is 11.4. The Labute approximate surface area is 95.5 Å². The Hall–Kier alpha value is -1.14. The van der Waals surface area contributed by atoms with Gasteiger partial charge in [-0.2, -0.15) is 0 Å². The summed E-state index contributed by atoms with van der Waals surface area (Å²) in [5.41, 5.74) is 5.78. The summed E-state index contributed by atoms with van der Waals surface area (Å²) in [4.78, 5) is 24.3. The number of likely N-dealkylation sites (tertiary alicyclic amines) is 1. The monoisotopic (exact) mass is 228 g/mol. The van der Waals surface area contributed by atoms with E-state index in [1.165, 1.54) is 7.05 Å². The van der Waals surface area contributed by atoms with E-state index in [0.717, 1.165) is 19.5 Å². The topological polar surface area (TPSA) is 87.5 Å². The van der Waals surface area contributed by atoms with Gasteiger partial charge < -0.3 is 11.1 Å². The van der Waals surface area contributed by atoms with Crippen LogP contribution in [0.2, 0.25) is 0 Å². The van der Waals surface area contributed by atoms with Gasteiger partial charge in [-0.1, -0.05) is 6.92 Å². The summed E-state index contributed by atoms with van der Waals surface area (Å²) in [7, 11) is 1.48. The van der Waals surface area contributed by atoms with Crippen LogP contribution >= 0.6 is 0 Å². The van der Waals surface area contributed by atoms with Crippen LogP contribution < -0.4 is 16.4 Å². The van der Waals surface area contributed by atoms with Crippen molar-refractivity contribution in [2.45, 2.75) is 13.3 Å². The highest BCUT2D eigenvalue weighted by molar-refractivity contribution is 5.95. The zero-order valence-corrected chi connectivity index (χ0v) is 9.88. The minimum atomic E-state index is -0.467. The van der Waals surface area contributed by atoms with E-state index in [0.29, 0.717) is 6.54 Å². The molecule has 1 saturated heterocycles. The first-order valence-corrected chi connectivity index (χ1v) is 5.43. The largest absolute Gasteiger partial charge is 0.341 e. The second-order valence-electron chi connectivity index (χ2n) is 4.60. The van der Waals surface area contributed by atoms with Crippen molar-refractivity contribution < 1.29 is 9.59 Å². The van der Waals surface area contributed by atoms with Crippen molar-refractivity contribution in [1.82, 2.24) is 15.5 Å². The van der Waals surface area contributed by atoms with Gasteiger partial charge in [0.1, 0.15) is 0 Å². The SMILES string of the molecule is CNC(=O)NC(=O)CN1CCC(C)(CN)C1. The van der Waals surface area contributed by atoms with Gasteiger partial charge >= 0.3 is 6.03 Å². The van der Waals surface area contributed by atoms with E-state index < -0.39 is 6.03 Å². The van der Waals surface area contributed by atoms with Gasteiger partial charge in [-0.3, -0.25) is 15.0 Å². The Kier molecular flexibility index (Phi) is 4.26. The third-order valence-electron chi connectivity index (χ3n) is 2.98. The third kappa shape index (κ3) is 3.46. The molecule has 0 spiro atoms. The molecule has 0 aromatic carbocycles. The zero-order valence-electron chi connectivity index (χ0n) is 9.88. The number of amides is 3. The van der Waals surface area contributed by atoms with Gasteiger partial charge in [-0.05, 0) is 24.9 Å². The second-order valence-corrected chi connectivity index (χ2v) is 4.60. The van der Waals surface area contributed by atoms with Crippen molar-refractivity contribution in [3.05, 3.63) is 0 Å². The molecule has 4 N–H and O–H groups in total. The number of nitrogens with one attached hydrogen (secondary N) is 2. The lowest BCUT2D eigenvalue weighted by molar-refractivity contribution is -0.121. The molecule has 1 rings (SSSR count). The van der Waals surface area contributed by atoms with Gasteiger partial charge in [-0.15, -0.1) is 0 Å². The molecule has 0 aliphatic carbocycles. The molecule has 1 unspecified atom stereocenters. The fraction of sp³-hybridized carbons (Fsp3) is 0.800. The van der Waals surface area contributed by atoms with Gasteiger partial charge in [0.05, 0.1) is 6.54 Å². The van der Waals surface area contributed by atoms with Crippen LogP contribution in [0.1, 0.15) is 13.3 Å². The molecule has 3 amide bonds. The van der Waals surface area contributed by atoms with Crippen LogP contribution in [0.4, 0.5) is 4.79 Å². The average molecular weight is 228 g/mol. The number of imide groups is 1. The van der Waals surface area contributed by atoms with Gasteiger partial charge in [0.15, 0.2) is 0 Å². The molecule has 6 heteroatoms. The number of carbonyl (C=O) groups excluding carboxylic acids is 2. The first kappa shape index (κ1) is 12.9. The van der Waals surface area contributed by atoms with Crippen LogP contribution in [-0.2, 0) is 4.79 Å². The summed E-state index contributed by atoms with van der Waals surface area (Å²) in [5.74, 6) is -0.277. The summed E-state index contributed by atoms with van der Waals surface area (Å²) in [5, 5.41) is 4.58. The molecule has 16 heavy (non-hydrogen) atoms. The van der Waals surface area contributed by atoms with Gasteiger partial charge in [-0.25, -0.2) is 4.79 Å². The molecule has 0 aromatic heterocycles. The second kappa shape index (κ2) is 5.27. The van der Waals surface area contributed by atoms with Crippen LogP contribution in [0.15, 0.2) is 0 Å². The predicted molar refractivity (Wildman–Crippen MR) is 60.8 cm³/mol. The fourth-order valence-corrected chi connectivity index (χ4v) is 1.86. The standard InChI is InChI=1S/C10H20N4O2/c1-10(6-11)3-4-14(7-10)5-8(15)13-9(16)12-2/h3-7,11H2,1-2H3,(H2,12,13,15,16). The Morgan fingerprint density at radius 3 is 2.69 bits per heavy atom. The maximum Gasteiger partial charge on any atom is 0.321 e. The molecular formula is C10H20N4O2. The van der Waals surface area contributed by atoms with Crippen molar-refractivity contribution in [3.63, 3.8) is 0 Å². The summed E-state index contributed by atoms with van der Waals surface area (Å²) in [6.07, 6.45) is 0.997. The minimum Gasteiger partial charge on any atom is -0.341 e. The van der Waals surface area contributed by atoms with Crippen LogP contribution in [0, 0.1) is 5.41 Å². The molecule has 92 valence electrons. The first-order chi connectivity index (χ1) is 7.49. The number of hydrogen-bond donors (Lipinski definition) is 3. The van der Waals surface area contributed by atoms with E-state index in [-0.39, 0.29) is 17.9 Å². The lowest BCUT2D eigenvalue weighted by Gasteiger charge is -2.22. The lowest BCUT2D eigenvalue weighted by atomic mass is 9.90. The molecule has 0 bridgehead atoms. The minimum absolute atomic E-state index is 0.104. The Balaban J connectivity index is 2.34. The smallest absolute Gasteiger partial charge is 0.321 e. The molecule has 0 radical (unpaired) electrons. The molecular weight excluding hydrogens is 208 g/mol. The number of hydrogen-bond acceptors (Lipinski definition) is 4. The number of nitrogens with two attached hydrogens (primary N) is 1. The van der Waals surface area contributed by atoms with Crippen molar-refractivity contribution in [3.8, 4) is 0 Å². The lowest BCUT2D eigenvalue weighted by Crippen LogP contribution is -2.43. The molecule has 1 atom stereocenters. The highest BCUT2D eigenvalue weighted by Gasteiger charge is 2.33. The number of nitrogens with zero attached hydrogens (tertiary/aromatic N) is 1. The fourth-order valence-electron chi connectivity index (χ4n) is 1.86. The van der Waals surface area contributed by atoms with Crippen LogP contribution in [-0.4, -0.2) is 50.1 Å². The van der Waals surface area contributed by atoms with Gasteiger partial charge in [0.2, 0.25) is 5.91 Å². The third-order valence-corrected chi connectivity index (χ3v) is 2.98. The summed E-state index contributed by atoms with van der Waals surface area (Å²) >= 11 is 0. The van der Waals surface area contributed by atoms with Crippen molar-refractivity contribution >= 4 is 11.9 Å². The molecule has 6 nitrogen and oxygen atoms in total. The van der Waals surface area contributed by atoms with Crippen molar-refractivity contribution in [2.75, 3.05) is 33.2 Å². The normalized spacial score (nSPS) is 25.4. The van der Waals surface area contributed by atoms with Gasteiger partial charge in [0, 0.05) is 13.6 Å². The molecule has 1 aliphatic rings. The summed E-state index contributed by atoms with van der Waals surface area (Å²) in [6, 6.07) is -0.467. The van der Waals surface area contributed by atoms with Crippen LogP contribution in [0.3, 0.4) is 0 Å². The quantitative estimate of drug-likeness (QED) is 0.585. The molecule has 1 heterocycles. The van der Waals surface area contributed by atoms with E-state index >= 15 is 0 Å². The Bertz CT molecular complexity index is 282. The summed E-state index contributed by atoms with van der Waals surface area (Å²) in [6.45, 7) is 4.66. The van der Waals surface area contributed by atoms with Crippen molar-refractivity contribution in [1.29, 1.82) is 0 Å².